The van der Waals surface area contributed by atoms with E-state index in [1.165, 1.54) is 5.69 Å². The Labute approximate surface area is 300 Å². The van der Waals surface area contributed by atoms with Gasteiger partial charge in [0.25, 0.3) is 0 Å². The molecule has 0 N–H and O–H groups in total. The van der Waals surface area contributed by atoms with Gasteiger partial charge in [0, 0.05) is 22.9 Å². The second-order valence-corrected chi connectivity index (χ2v) is 13.5. The van der Waals surface area contributed by atoms with Gasteiger partial charge in [0.05, 0.1) is 59.2 Å². The van der Waals surface area contributed by atoms with Crippen molar-refractivity contribution in [1.29, 1.82) is 5.26 Å². The van der Waals surface area contributed by atoms with Gasteiger partial charge in [-0.2, -0.15) is 5.26 Å². The fourth-order valence-electron chi connectivity index (χ4n) is 8.03. The van der Waals surface area contributed by atoms with E-state index in [9.17, 15) is 5.26 Å². The van der Waals surface area contributed by atoms with Crippen molar-refractivity contribution in [1.82, 2.24) is 0 Å². The van der Waals surface area contributed by atoms with Crippen LogP contribution in [0.25, 0.3) is 0 Å². The number of hydrogen-bond acceptors (Lipinski definition) is 8. The Morgan fingerprint density at radius 3 is 2.02 bits per heavy atom. The molecule has 3 aromatic carbocycles. The molecule has 2 unspecified atom stereocenters. The Morgan fingerprint density at radius 1 is 0.820 bits per heavy atom. The van der Waals surface area contributed by atoms with Crippen LogP contribution in [0.2, 0.25) is 0 Å². The molecule has 1 aliphatic rings. The van der Waals surface area contributed by atoms with Crippen LogP contribution in [-0.4, -0.2) is 47.7 Å². The first kappa shape index (κ1) is 38.6. The predicted octanol–water partition coefficient (Wildman–Crippen LogP) is 9.71. The van der Waals surface area contributed by atoms with Crippen LogP contribution >= 0.6 is 0 Å². The summed E-state index contributed by atoms with van der Waals surface area (Å²) in [5, 5.41) is 10.9. The number of hydrogen-bond donors (Lipinski definition) is 0. The molecule has 0 radical (unpaired) electrons. The first-order valence-electron chi connectivity index (χ1n) is 18.2. The summed E-state index contributed by atoms with van der Waals surface area (Å²) in [4.78, 5) is 2.62. The topological polar surface area (TPSA) is 82.4 Å². The average Bonchev–Trinajstić information content (AvgIpc) is 3.13. The molecule has 0 fully saturated rings. The van der Waals surface area contributed by atoms with Crippen molar-refractivity contribution >= 4 is 5.69 Å². The third kappa shape index (κ3) is 7.43. The molecule has 0 aliphatic carbocycles. The fraction of sp³-hybridized carbons (Fsp3) is 0.548. The number of anilines is 1. The molecule has 4 atom stereocenters. The number of nitriles is 1. The van der Waals surface area contributed by atoms with Crippen LogP contribution in [0, 0.1) is 23.2 Å². The maximum absolute atomic E-state index is 10.9. The summed E-state index contributed by atoms with van der Waals surface area (Å²) < 4.78 is 36.2. The molecule has 8 nitrogen and oxygen atoms in total. The number of ether oxygens (including phenoxy) is 6. The maximum Gasteiger partial charge on any atom is 0.207 e. The van der Waals surface area contributed by atoms with Gasteiger partial charge in [-0.1, -0.05) is 58.4 Å². The summed E-state index contributed by atoms with van der Waals surface area (Å²) >= 11 is 0. The van der Waals surface area contributed by atoms with Gasteiger partial charge in [0.15, 0.2) is 23.0 Å². The van der Waals surface area contributed by atoms with Gasteiger partial charge in [-0.3, -0.25) is 0 Å². The standard InChI is InChI=1S/C42H58N2O6/c1-11-18-29(6)37-36-33(38(49-12-2)40(47-9)41(48-10)39(36)50-13-3)26-32(44(37)31-19-15-14-16-20-31)21-17-24-42(27-43,28(4)5)30-22-23-34(45-7)35(25-30)46-8/h14-16,19-20,22-23,25,28-29,32,37H,11-13,17-18,21,24,26H2,1-10H3/t29?,32-,37?,42+/m1/s1. The van der Waals surface area contributed by atoms with E-state index in [-0.39, 0.29) is 23.9 Å². The Balaban J connectivity index is 1.89. The summed E-state index contributed by atoms with van der Waals surface area (Å²) in [6.45, 7) is 13.9. The van der Waals surface area contributed by atoms with Gasteiger partial charge < -0.3 is 33.3 Å². The lowest BCUT2D eigenvalue weighted by molar-refractivity contribution is 0.255. The Kier molecular flexibility index (Phi) is 13.6. The first-order chi connectivity index (χ1) is 24.2. The van der Waals surface area contributed by atoms with Crippen molar-refractivity contribution < 1.29 is 28.4 Å². The van der Waals surface area contributed by atoms with Gasteiger partial charge in [0.2, 0.25) is 11.5 Å². The predicted molar refractivity (Wildman–Crippen MR) is 201 cm³/mol. The highest BCUT2D eigenvalue weighted by Gasteiger charge is 2.44. The lowest BCUT2D eigenvalue weighted by atomic mass is 9.69. The molecule has 4 rings (SSSR count). The molecular formula is C42H58N2O6. The van der Waals surface area contributed by atoms with Gasteiger partial charge in [-0.15, -0.1) is 0 Å². The molecule has 1 aliphatic heterocycles. The van der Waals surface area contributed by atoms with E-state index in [0.29, 0.717) is 42.6 Å². The molecule has 1 heterocycles. The number of methoxy groups -OCH3 is 4. The third-order valence-corrected chi connectivity index (χ3v) is 10.4. The van der Waals surface area contributed by atoms with Crippen LogP contribution in [-0.2, 0) is 11.8 Å². The van der Waals surface area contributed by atoms with Gasteiger partial charge in [-0.25, -0.2) is 0 Å². The van der Waals surface area contributed by atoms with Crippen LogP contribution in [0.15, 0.2) is 48.5 Å². The Bertz CT molecular complexity index is 1590. The smallest absolute Gasteiger partial charge is 0.207 e. The molecule has 8 heteroatoms. The normalized spacial score (nSPS) is 17.3. The van der Waals surface area contributed by atoms with Crippen molar-refractivity contribution in [2.75, 3.05) is 46.6 Å². The van der Waals surface area contributed by atoms with Crippen LogP contribution < -0.4 is 33.3 Å². The van der Waals surface area contributed by atoms with Gasteiger partial charge >= 0.3 is 0 Å². The van der Waals surface area contributed by atoms with Crippen molar-refractivity contribution in [3.63, 3.8) is 0 Å². The maximum atomic E-state index is 10.9. The minimum Gasteiger partial charge on any atom is -0.493 e. The quantitative estimate of drug-likeness (QED) is 0.131. The van der Waals surface area contributed by atoms with Crippen LogP contribution in [0.3, 0.4) is 0 Å². The number of nitrogens with zero attached hydrogens (tertiary/aromatic N) is 2. The molecule has 3 aromatic rings. The van der Waals surface area contributed by atoms with E-state index in [1.54, 1.807) is 28.4 Å². The molecule has 0 saturated carbocycles. The molecular weight excluding hydrogens is 628 g/mol. The second kappa shape index (κ2) is 17.6. The zero-order chi connectivity index (χ0) is 36.4. The highest BCUT2D eigenvalue weighted by molar-refractivity contribution is 5.71. The molecule has 50 heavy (non-hydrogen) atoms. The van der Waals surface area contributed by atoms with Crippen molar-refractivity contribution in [2.24, 2.45) is 11.8 Å². The van der Waals surface area contributed by atoms with E-state index >= 15 is 0 Å². The van der Waals surface area contributed by atoms with E-state index in [4.69, 9.17) is 28.4 Å². The van der Waals surface area contributed by atoms with Crippen molar-refractivity contribution in [3.05, 3.63) is 65.2 Å². The molecule has 0 bridgehead atoms. The monoisotopic (exact) mass is 686 g/mol. The number of rotatable bonds is 18. The molecule has 0 spiro atoms. The van der Waals surface area contributed by atoms with Crippen molar-refractivity contribution in [3.8, 4) is 40.6 Å². The highest BCUT2D eigenvalue weighted by atomic mass is 16.5. The fourth-order valence-corrected chi connectivity index (χ4v) is 8.03. The zero-order valence-electron chi connectivity index (χ0n) is 31.9. The lowest BCUT2D eigenvalue weighted by Crippen LogP contribution is -2.47. The van der Waals surface area contributed by atoms with Gasteiger partial charge in [0.1, 0.15) is 0 Å². The SMILES string of the molecule is CCCC(C)C1c2c(c(OCC)c(OC)c(OC)c2OCC)C[C@@H](CCC[C@@](C#N)(c2ccc(OC)c(OC)c2)C(C)C)N1c1ccccc1. The number of para-hydroxylation sites is 1. The largest absolute Gasteiger partial charge is 0.493 e. The molecule has 0 aromatic heterocycles. The molecule has 272 valence electrons. The summed E-state index contributed by atoms with van der Waals surface area (Å²) in [6.07, 6.45) is 5.23. The second-order valence-electron chi connectivity index (χ2n) is 13.5. The highest BCUT2D eigenvalue weighted by Crippen LogP contribution is 2.57. The summed E-state index contributed by atoms with van der Waals surface area (Å²) in [6, 6.07) is 19.5. The van der Waals surface area contributed by atoms with E-state index in [2.05, 4.69) is 69.0 Å². The minimum atomic E-state index is -0.701. The van der Waals surface area contributed by atoms with Crippen LogP contribution in [0.4, 0.5) is 5.69 Å². The number of benzene rings is 3. The summed E-state index contributed by atoms with van der Waals surface area (Å²) in [7, 11) is 6.60. The van der Waals surface area contributed by atoms with Crippen LogP contribution in [0.5, 0.6) is 34.5 Å². The van der Waals surface area contributed by atoms with Gasteiger partial charge in [-0.05, 0) is 87.6 Å². The van der Waals surface area contributed by atoms with Crippen molar-refractivity contribution in [2.45, 2.75) is 97.6 Å². The Hall–Kier alpha value is -4.25. The van der Waals surface area contributed by atoms with E-state index in [1.807, 2.05) is 32.0 Å². The summed E-state index contributed by atoms with van der Waals surface area (Å²) in [5.74, 6) is 4.26. The van der Waals surface area contributed by atoms with E-state index < -0.39 is 5.41 Å². The Morgan fingerprint density at radius 2 is 1.46 bits per heavy atom. The molecule has 0 saturated heterocycles. The summed E-state index contributed by atoms with van der Waals surface area (Å²) in [5.41, 5.74) is 3.66. The zero-order valence-corrected chi connectivity index (χ0v) is 31.9. The lowest BCUT2D eigenvalue weighted by Gasteiger charge is -2.48. The number of fused-ring (bicyclic) bond motifs is 1. The average molecular weight is 687 g/mol. The minimum absolute atomic E-state index is 0.0108. The first-order valence-corrected chi connectivity index (χ1v) is 18.2. The van der Waals surface area contributed by atoms with E-state index in [0.717, 1.165) is 60.3 Å². The molecule has 0 amide bonds. The third-order valence-electron chi connectivity index (χ3n) is 10.4. The van der Waals surface area contributed by atoms with Crippen LogP contribution in [0.1, 0.15) is 96.4 Å².